The zero-order valence-electron chi connectivity index (χ0n) is 15.9. The Labute approximate surface area is 173 Å². The molecule has 0 atom stereocenters. The quantitative estimate of drug-likeness (QED) is 0.477. The molecule has 8 nitrogen and oxygen atoms in total. The number of hydrogen-bond acceptors (Lipinski definition) is 5. The molecule has 0 aliphatic carbocycles. The number of carbonyl (C=O) groups excluding carboxylic acids is 1. The molecule has 0 fully saturated rings. The second kappa shape index (κ2) is 8.34. The van der Waals surface area contributed by atoms with Crippen LogP contribution in [-0.4, -0.2) is 35.5 Å². The van der Waals surface area contributed by atoms with Crippen molar-refractivity contribution in [3.63, 3.8) is 0 Å². The molecule has 0 unspecified atom stereocenters. The van der Waals surface area contributed by atoms with Gasteiger partial charge in [-0.3, -0.25) is 13.9 Å². The fourth-order valence-corrected chi connectivity index (χ4v) is 4.02. The average Bonchev–Trinajstić information content (AvgIpc) is 3.17. The molecular weight excluding hydrogens is 402 g/mol. The summed E-state index contributed by atoms with van der Waals surface area (Å²) in [5.41, 5.74) is 1.60. The Kier molecular flexibility index (Phi) is 5.44. The van der Waals surface area contributed by atoms with Gasteiger partial charge in [0.15, 0.2) is 5.65 Å². The van der Waals surface area contributed by atoms with E-state index >= 15 is 0 Å². The van der Waals surface area contributed by atoms with Crippen LogP contribution in [0.1, 0.15) is 16.2 Å². The number of benzene rings is 2. The monoisotopic (exact) mass is 421 g/mol. The minimum atomic E-state index is -3.72. The van der Waals surface area contributed by atoms with E-state index in [1.54, 1.807) is 30.3 Å². The number of nitrogens with one attached hydrogen (secondary N) is 2. The van der Waals surface area contributed by atoms with Gasteiger partial charge < -0.3 is 5.32 Å². The first-order valence-corrected chi connectivity index (χ1v) is 10.8. The summed E-state index contributed by atoms with van der Waals surface area (Å²) in [6, 6.07) is 20.0. The van der Waals surface area contributed by atoms with Gasteiger partial charge in [-0.2, -0.15) is 0 Å². The number of hydrogen-bond donors (Lipinski definition) is 2. The summed E-state index contributed by atoms with van der Waals surface area (Å²) in [6.07, 6.45) is 2.39. The van der Waals surface area contributed by atoms with Crippen LogP contribution in [0.2, 0.25) is 0 Å². The van der Waals surface area contributed by atoms with Crippen molar-refractivity contribution in [3.05, 3.63) is 90.4 Å². The highest BCUT2D eigenvalue weighted by Gasteiger charge is 2.15. The first kappa shape index (κ1) is 19.6. The van der Waals surface area contributed by atoms with E-state index < -0.39 is 10.0 Å². The van der Waals surface area contributed by atoms with Gasteiger partial charge in [0.05, 0.1) is 4.90 Å². The Hall–Kier alpha value is -3.72. The largest absolute Gasteiger partial charge is 0.352 e. The summed E-state index contributed by atoms with van der Waals surface area (Å²) < 4.78 is 29.3. The van der Waals surface area contributed by atoms with Gasteiger partial charge >= 0.3 is 0 Å². The number of para-hydroxylation sites is 1. The Bertz CT molecular complexity index is 1270. The first-order valence-electron chi connectivity index (χ1n) is 9.28. The number of amides is 1. The minimum absolute atomic E-state index is 0.0813. The van der Waals surface area contributed by atoms with Gasteiger partial charge in [0, 0.05) is 30.4 Å². The Morgan fingerprint density at radius 1 is 0.900 bits per heavy atom. The fraction of sp³-hybridized carbons (Fsp3) is 0.0952. The molecule has 2 aromatic heterocycles. The molecule has 0 saturated carbocycles. The lowest BCUT2D eigenvalue weighted by Crippen LogP contribution is -2.26. The molecule has 0 radical (unpaired) electrons. The predicted molar refractivity (Wildman–Crippen MR) is 113 cm³/mol. The number of anilines is 1. The van der Waals surface area contributed by atoms with Crippen LogP contribution in [0.25, 0.3) is 5.65 Å². The number of aromatic nitrogens is 3. The molecule has 4 aromatic rings. The maximum absolute atomic E-state index is 12.5. The lowest BCUT2D eigenvalue weighted by atomic mass is 10.2. The van der Waals surface area contributed by atoms with Crippen LogP contribution in [0.4, 0.5) is 5.69 Å². The molecule has 0 saturated heterocycles. The zero-order chi connectivity index (χ0) is 21.0. The molecule has 2 heterocycles. The van der Waals surface area contributed by atoms with Crippen molar-refractivity contribution in [1.29, 1.82) is 0 Å². The Morgan fingerprint density at radius 3 is 2.40 bits per heavy atom. The van der Waals surface area contributed by atoms with Crippen molar-refractivity contribution in [1.82, 2.24) is 19.9 Å². The highest BCUT2D eigenvalue weighted by molar-refractivity contribution is 7.92. The smallest absolute Gasteiger partial charge is 0.261 e. The SMILES string of the molecule is O=C(NCCc1nnc2ccccn12)c1ccc(S(=O)(=O)Nc2ccccc2)cc1. The lowest BCUT2D eigenvalue weighted by molar-refractivity contribution is 0.0954. The van der Waals surface area contributed by atoms with Crippen molar-refractivity contribution in [2.75, 3.05) is 11.3 Å². The second-order valence-electron chi connectivity index (χ2n) is 6.55. The molecule has 30 heavy (non-hydrogen) atoms. The van der Waals surface area contributed by atoms with Gasteiger partial charge in [-0.1, -0.05) is 24.3 Å². The highest BCUT2D eigenvalue weighted by Crippen LogP contribution is 2.16. The molecule has 0 aliphatic heterocycles. The molecular formula is C21H19N5O3S. The highest BCUT2D eigenvalue weighted by atomic mass is 32.2. The lowest BCUT2D eigenvalue weighted by Gasteiger charge is -2.09. The molecule has 1 amide bonds. The van der Waals surface area contributed by atoms with Crippen molar-refractivity contribution in [3.8, 4) is 0 Å². The molecule has 0 bridgehead atoms. The average molecular weight is 421 g/mol. The second-order valence-corrected chi connectivity index (χ2v) is 8.23. The Morgan fingerprint density at radius 2 is 1.63 bits per heavy atom. The number of carbonyl (C=O) groups is 1. The molecule has 4 rings (SSSR count). The van der Waals surface area contributed by atoms with Gasteiger partial charge in [-0.05, 0) is 48.5 Å². The topological polar surface area (TPSA) is 105 Å². The van der Waals surface area contributed by atoms with E-state index in [2.05, 4.69) is 20.2 Å². The van der Waals surface area contributed by atoms with Gasteiger partial charge in [0.1, 0.15) is 5.82 Å². The number of nitrogens with zero attached hydrogens (tertiary/aromatic N) is 3. The molecule has 2 aromatic carbocycles. The van der Waals surface area contributed by atoms with Crippen LogP contribution in [-0.2, 0) is 16.4 Å². The zero-order valence-corrected chi connectivity index (χ0v) is 16.7. The molecule has 0 aliphatic rings. The number of rotatable bonds is 7. The van der Waals surface area contributed by atoms with Gasteiger partial charge in [0.2, 0.25) is 0 Å². The third-order valence-electron chi connectivity index (χ3n) is 4.47. The standard InChI is InChI=1S/C21H19N5O3S/c27-21(22-14-13-20-24-23-19-8-4-5-15-26(19)20)16-9-11-18(12-10-16)30(28,29)25-17-6-2-1-3-7-17/h1-12,15,25H,13-14H2,(H,22,27). The number of fused-ring (bicyclic) bond motifs is 1. The summed E-state index contributed by atoms with van der Waals surface area (Å²) in [5, 5.41) is 11.0. The van der Waals surface area contributed by atoms with E-state index in [9.17, 15) is 13.2 Å². The molecule has 9 heteroatoms. The van der Waals surface area contributed by atoms with Crippen LogP contribution < -0.4 is 10.0 Å². The van der Waals surface area contributed by atoms with Crippen molar-refractivity contribution in [2.24, 2.45) is 0 Å². The van der Waals surface area contributed by atoms with Gasteiger partial charge in [-0.25, -0.2) is 8.42 Å². The number of pyridine rings is 1. The molecule has 152 valence electrons. The van der Waals surface area contributed by atoms with E-state index in [0.717, 1.165) is 11.5 Å². The summed E-state index contributed by atoms with van der Waals surface area (Å²) in [5.74, 6) is 0.461. The van der Waals surface area contributed by atoms with E-state index in [0.29, 0.717) is 24.2 Å². The van der Waals surface area contributed by atoms with Gasteiger partial charge in [0.25, 0.3) is 15.9 Å². The van der Waals surface area contributed by atoms with Crippen LogP contribution in [0.3, 0.4) is 0 Å². The van der Waals surface area contributed by atoms with Crippen LogP contribution in [0, 0.1) is 0 Å². The number of sulfonamides is 1. The normalized spacial score (nSPS) is 11.3. The van der Waals surface area contributed by atoms with Crippen molar-refractivity contribution >= 4 is 27.3 Å². The van der Waals surface area contributed by atoms with Crippen molar-refractivity contribution in [2.45, 2.75) is 11.3 Å². The van der Waals surface area contributed by atoms with Gasteiger partial charge in [-0.15, -0.1) is 10.2 Å². The predicted octanol–water partition coefficient (Wildman–Crippen LogP) is 2.50. The third kappa shape index (κ3) is 4.31. The van der Waals surface area contributed by atoms with E-state index in [4.69, 9.17) is 0 Å². The molecule has 0 spiro atoms. The van der Waals surface area contributed by atoms with Crippen LogP contribution in [0.15, 0.2) is 83.9 Å². The van der Waals surface area contributed by atoms with E-state index in [1.807, 2.05) is 28.8 Å². The minimum Gasteiger partial charge on any atom is -0.352 e. The van der Waals surface area contributed by atoms with E-state index in [1.165, 1.54) is 24.3 Å². The first-order chi connectivity index (χ1) is 14.5. The summed E-state index contributed by atoms with van der Waals surface area (Å²) >= 11 is 0. The van der Waals surface area contributed by atoms with E-state index in [-0.39, 0.29) is 10.8 Å². The van der Waals surface area contributed by atoms with Crippen LogP contribution >= 0.6 is 0 Å². The summed E-state index contributed by atoms with van der Waals surface area (Å²) in [7, 11) is -3.72. The summed E-state index contributed by atoms with van der Waals surface area (Å²) in [4.78, 5) is 12.5. The summed E-state index contributed by atoms with van der Waals surface area (Å²) in [6.45, 7) is 0.379. The van der Waals surface area contributed by atoms with Crippen LogP contribution in [0.5, 0.6) is 0 Å². The molecule has 2 N–H and O–H groups in total. The maximum atomic E-state index is 12.5. The van der Waals surface area contributed by atoms with Crippen molar-refractivity contribution < 1.29 is 13.2 Å². The Balaban J connectivity index is 1.37. The maximum Gasteiger partial charge on any atom is 0.261 e. The third-order valence-corrected chi connectivity index (χ3v) is 5.87. The fourth-order valence-electron chi connectivity index (χ4n) is 2.96.